The lowest BCUT2D eigenvalue weighted by atomic mass is 10.0. The molecule has 1 saturated carbocycles. The molecule has 0 atom stereocenters. The monoisotopic (exact) mass is 372 g/mol. The fourth-order valence-corrected chi connectivity index (χ4v) is 3.03. The molecule has 1 N–H and O–H groups in total. The number of ether oxygens (including phenoxy) is 1. The molecular formula is C18H23Cl2FN2O. The predicted octanol–water partition coefficient (Wildman–Crippen LogP) is 4.77. The van der Waals surface area contributed by atoms with Crippen molar-refractivity contribution in [2.75, 3.05) is 7.11 Å². The standard InChI is InChI=1S/C18H21FN2O.2ClH/c1-22-18-9-15(19)6-7-17(18)14-8-13(10-20-12-14)11-21-16-4-2-3-5-16;;/h6-10,12,16,21H,2-5,11H2,1H3;2*1H. The number of nitrogens with one attached hydrogen (secondary N) is 1. The summed E-state index contributed by atoms with van der Waals surface area (Å²) < 4.78 is 18.6. The summed E-state index contributed by atoms with van der Waals surface area (Å²) in [5, 5.41) is 3.58. The Morgan fingerprint density at radius 3 is 2.62 bits per heavy atom. The van der Waals surface area contributed by atoms with Crippen molar-refractivity contribution >= 4 is 24.8 Å². The van der Waals surface area contributed by atoms with Gasteiger partial charge >= 0.3 is 0 Å². The van der Waals surface area contributed by atoms with Gasteiger partial charge in [-0.05, 0) is 36.6 Å². The number of methoxy groups -OCH3 is 1. The Morgan fingerprint density at radius 1 is 1.17 bits per heavy atom. The molecule has 1 aliphatic carbocycles. The second-order valence-corrected chi connectivity index (χ2v) is 5.79. The zero-order valence-corrected chi connectivity index (χ0v) is 15.3. The molecule has 1 aromatic carbocycles. The first-order chi connectivity index (χ1) is 10.8. The summed E-state index contributed by atoms with van der Waals surface area (Å²) in [6.07, 6.45) is 8.83. The minimum absolute atomic E-state index is 0. The molecule has 2 aromatic rings. The fraction of sp³-hybridized carbons (Fsp3) is 0.389. The minimum Gasteiger partial charge on any atom is -0.496 e. The van der Waals surface area contributed by atoms with Crippen LogP contribution in [0.2, 0.25) is 0 Å². The SMILES string of the molecule is COc1cc(F)ccc1-c1cncc(CNC2CCCC2)c1.Cl.Cl. The number of pyridine rings is 1. The van der Waals surface area contributed by atoms with E-state index in [1.54, 1.807) is 19.4 Å². The maximum Gasteiger partial charge on any atom is 0.129 e. The van der Waals surface area contributed by atoms with E-state index in [1.165, 1.54) is 37.8 Å². The molecule has 3 rings (SSSR count). The fourth-order valence-electron chi connectivity index (χ4n) is 3.03. The topological polar surface area (TPSA) is 34.1 Å². The summed E-state index contributed by atoms with van der Waals surface area (Å²) in [4.78, 5) is 4.31. The van der Waals surface area contributed by atoms with Gasteiger partial charge < -0.3 is 10.1 Å². The second-order valence-electron chi connectivity index (χ2n) is 5.79. The molecule has 0 saturated heterocycles. The van der Waals surface area contributed by atoms with Crippen LogP contribution in [0.15, 0.2) is 36.7 Å². The molecule has 0 radical (unpaired) electrons. The molecule has 0 bridgehead atoms. The van der Waals surface area contributed by atoms with Crippen LogP contribution in [0.4, 0.5) is 4.39 Å². The van der Waals surface area contributed by atoms with Gasteiger partial charge in [0.05, 0.1) is 7.11 Å². The van der Waals surface area contributed by atoms with Gasteiger partial charge in [-0.3, -0.25) is 4.98 Å². The van der Waals surface area contributed by atoms with Crippen LogP contribution in [0.5, 0.6) is 5.75 Å². The molecule has 0 amide bonds. The van der Waals surface area contributed by atoms with Crippen molar-refractivity contribution in [2.45, 2.75) is 38.3 Å². The van der Waals surface area contributed by atoms with Crippen LogP contribution in [0.25, 0.3) is 11.1 Å². The quantitative estimate of drug-likeness (QED) is 0.820. The van der Waals surface area contributed by atoms with E-state index in [-0.39, 0.29) is 30.6 Å². The van der Waals surface area contributed by atoms with Crippen molar-refractivity contribution in [1.82, 2.24) is 10.3 Å². The van der Waals surface area contributed by atoms with Crippen LogP contribution in [0.3, 0.4) is 0 Å². The normalized spacial score (nSPS) is 13.9. The number of rotatable bonds is 5. The third-order valence-electron chi connectivity index (χ3n) is 4.22. The third kappa shape index (κ3) is 5.07. The van der Waals surface area contributed by atoms with Crippen molar-refractivity contribution in [3.63, 3.8) is 0 Å². The second kappa shape index (κ2) is 9.82. The van der Waals surface area contributed by atoms with Gasteiger partial charge in [-0.15, -0.1) is 24.8 Å². The van der Waals surface area contributed by atoms with Gasteiger partial charge in [0.25, 0.3) is 0 Å². The van der Waals surface area contributed by atoms with Crippen LogP contribution in [-0.2, 0) is 6.54 Å². The Hall–Kier alpha value is -1.36. The van der Waals surface area contributed by atoms with Crippen molar-refractivity contribution in [1.29, 1.82) is 0 Å². The molecule has 6 heteroatoms. The van der Waals surface area contributed by atoms with E-state index in [0.29, 0.717) is 11.8 Å². The summed E-state index contributed by atoms with van der Waals surface area (Å²) in [5.74, 6) is 0.232. The molecular weight excluding hydrogens is 350 g/mol. The van der Waals surface area contributed by atoms with Crippen LogP contribution in [0.1, 0.15) is 31.2 Å². The predicted molar refractivity (Wildman–Crippen MR) is 99.8 cm³/mol. The van der Waals surface area contributed by atoms with Crippen molar-refractivity contribution in [3.05, 3.63) is 48.0 Å². The van der Waals surface area contributed by atoms with E-state index in [1.807, 2.05) is 6.20 Å². The Labute approximate surface area is 154 Å². The van der Waals surface area contributed by atoms with Crippen LogP contribution < -0.4 is 10.1 Å². The molecule has 24 heavy (non-hydrogen) atoms. The Kier molecular flexibility index (Phi) is 8.46. The zero-order chi connectivity index (χ0) is 15.4. The highest BCUT2D eigenvalue weighted by Gasteiger charge is 2.14. The zero-order valence-electron chi connectivity index (χ0n) is 13.6. The summed E-state index contributed by atoms with van der Waals surface area (Å²) in [7, 11) is 1.55. The van der Waals surface area contributed by atoms with Gasteiger partial charge in [-0.1, -0.05) is 12.8 Å². The first-order valence-electron chi connectivity index (χ1n) is 7.77. The lowest BCUT2D eigenvalue weighted by Gasteiger charge is -2.13. The Balaban J connectivity index is 0.00000144. The molecule has 0 aliphatic heterocycles. The number of hydrogen-bond donors (Lipinski definition) is 1. The molecule has 3 nitrogen and oxygen atoms in total. The largest absolute Gasteiger partial charge is 0.496 e. The first kappa shape index (κ1) is 20.7. The number of hydrogen-bond acceptors (Lipinski definition) is 3. The number of halogens is 3. The molecule has 1 fully saturated rings. The van der Waals surface area contributed by atoms with E-state index < -0.39 is 0 Å². The number of nitrogens with zero attached hydrogens (tertiary/aromatic N) is 1. The van der Waals surface area contributed by atoms with Crippen LogP contribution in [-0.4, -0.2) is 18.1 Å². The molecule has 1 aromatic heterocycles. The van der Waals surface area contributed by atoms with Gasteiger partial charge in [0.1, 0.15) is 11.6 Å². The first-order valence-corrected chi connectivity index (χ1v) is 7.77. The van der Waals surface area contributed by atoms with Gasteiger partial charge in [-0.25, -0.2) is 4.39 Å². The van der Waals surface area contributed by atoms with Gasteiger partial charge in [0, 0.05) is 42.2 Å². The van der Waals surface area contributed by atoms with E-state index in [0.717, 1.165) is 23.2 Å². The van der Waals surface area contributed by atoms with E-state index >= 15 is 0 Å². The molecule has 0 spiro atoms. The molecule has 132 valence electrons. The van der Waals surface area contributed by atoms with Gasteiger partial charge in [0.2, 0.25) is 0 Å². The van der Waals surface area contributed by atoms with E-state index in [2.05, 4.69) is 16.4 Å². The maximum atomic E-state index is 13.3. The minimum atomic E-state index is -0.299. The maximum absolute atomic E-state index is 13.3. The summed E-state index contributed by atoms with van der Waals surface area (Å²) in [6.45, 7) is 0.815. The van der Waals surface area contributed by atoms with E-state index in [4.69, 9.17) is 4.74 Å². The highest BCUT2D eigenvalue weighted by molar-refractivity contribution is 5.85. The average Bonchev–Trinajstić information content (AvgIpc) is 3.06. The highest BCUT2D eigenvalue weighted by atomic mass is 35.5. The van der Waals surface area contributed by atoms with Gasteiger partial charge in [-0.2, -0.15) is 0 Å². The Morgan fingerprint density at radius 2 is 1.92 bits per heavy atom. The summed E-state index contributed by atoms with van der Waals surface area (Å²) in [6, 6.07) is 7.30. The third-order valence-corrected chi connectivity index (χ3v) is 4.22. The average molecular weight is 373 g/mol. The van der Waals surface area contributed by atoms with Crippen molar-refractivity contribution < 1.29 is 9.13 Å². The number of benzene rings is 1. The Bertz CT molecular complexity index is 649. The molecule has 1 aliphatic rings. The lowest BCUT2D eigenvalue weighted by molar-refractivity contribution is 0.413. The summed E-state index contributed by atoms with van der Waals surface area (Å²) in [5.41, 5.74) is 2.94. The van der Waals surface area contributed by atoms with E-state index in [9.17, 15) is 4.39 Å². The molecule has 1 heterocycles. The lowest BCUT2D eigenvalue weighted by Crippen LogP contribution is -2.25. The number of aromatic nitrogens is 1. The van der Waals surface area contributed by atoms with Gasteiger partial charge in [0.15, 0.2) is 0 Å². The van der Waals surface area contributed by atoms with Crippen LogP contribution in [0, 0.1) is 5.82 Å². The van der Waals surface area contributed by atoms with Crippen molar-refractivity contribution in [3.8, 4) is 16.9 Å². The molecule has 0 unspecified atom stereocenters. The van der Waals surface area contributed by atoms with Crippen LogP contribution >= 0.6 is 24.8 Å². The smallest absolute Gasteiger partial charge is 0.129 e. The summed E-state index contributed by atoms with van der Waals surface area (Å²) >= 11 is 0. The van der Waals surface area contributed by atoms with Crippen molar-refractivity contribution in [2.24, 2.45) is 0 Å². The highest BCUT2D eigenvalue weighted by Crippen LogP contribution is 2.30.